The molecule has 2 nitrogen and oxygen atoms in total. The third-order valence-electron chi connectivity index (χ3n) is 2.83. The van der Waals surface area contributed by atoms with Gasteiger partial charge in [-0.15, -0.1) is 0 Å². The van der Waals surface area contributed by atoms with Crippen LogP contribution in [0.3, 0.4) is 0 Å². The van der Waals surface area contributed by atoms with Crippen molar-refractivity contribution < 1.29 is 4.79 Å². The Balaban J connectivity index is 2.85. The molecule has 0 aliphatic heterocycles. The SMILES string of the molecule is C=C(CC(C)(C)C)N(/C=C/C(C)=O)Cc1ccccc1. The number of carbonyl (C=O) groups excluding carboxylic acids is 1. The van der Waals surface area contributed by atoms with Crippen molar-refractivity contribution in [2.24, 2.45) is 5.41 Å². The Hall–Kier alpha value is -1.83. The second-order valence-electron chi connectivity index (χ2n) is 6.34. The van der Waals surface area contributed by atoms with E-state index in [2.05, 4.69) is 44.4 Å². The molecule has 0 aliphatic rings. The summed E-state index contributed by atoms with van der Waals surface area (Å²) in [6.07, 6.45) is 4.32. The predicted molar refractivity (Wildman–Crippen MR) is 85.0 cm³/mol. The van der Waals surface area contributed by atoms with E-state index >= 15 is 0 Å². The minimum atomic E-state index is 0.0478. The van der Waals surface area contributed by atoms with Gasteiger partial charge >= 0.3 is 0 Å². The first-order valence-electron chi connectivity index (χ1n) is 6.95. The van der Waals surface area contributed by atoms with E-state index in [1.54, 1.807) is 13.0 Å². The van der Waals surface area contributed by atoms with Gasteiger partial charge in [-0.3, -0.25) is 4.79 Å². The van der Waals surface area contributed by atoms with E-state index in [1.807, 2.05) is 24.4 Å². The van der Waals surface area contributed by atoms with Crippen LogP contribution in [0.15, 0.2) is 54.9 Å². The van der Waals surface area contributed by atoms with Gasteiger partial charge < -0.3 is 4.90 Å². The van der Waals surface area contributed by atoms with Crippen molar-refractivity contribution in [3.05, 3.63) is 60.4 Å². The lowest BCUT2D eigenvalue weighted by Crippen LogP contribution is -2.20. The predicted octanol–water partition coefficient (Wildman–Crippen LogP) is 4.54. The third-order valence-corrected chi connectivity index (χ3v) is 2.83. The van der Waals surface area contributed by atoms with Gasteiger partial charge in [-0.25, -0.2) is 0 Å². The van der Waals surface area contributed by atoms with E-state index in [0.717, 1.165) is 18.7 Å². The van der Waals surface area contributed by atoms with Crippen LogP contribution in [0.4, 0.5) is 0 Å². The number of ketones is 1. The van der Waals surface area contributed by atoms with E-state index in [1.165, 1.54) is 5.56 Å². The van der Waals surface area contributed by atoms with E-state index < -0.39 is 0 Å². The standard InChI is InChI=1S/C18H25NO/c1-15(13-18(3,4)5)19(12-11-16(2)20)14-17-9-7-6-8-10-17/h6-12H,1,13-14H2,2-5H3/b12-11+. The largest absolute Gasteiger partial charge is 0.348 e. The Morgan fingerprint density at radius 3 is 2.35 bits per heavy atom. The van der Waals surface area contributed by atoms with E-state index in [0.29, 0.717) is 0 Å². The van der Waals surface area contributed by atoms with E-state index in [9.17, 15) is 4.79 Å². The van der Waals surface area contributed by atoms with Crippen molar-refractivity contribution in [1.29, 1.82) is 0 Å². The number of nitrogens with zero attached hydrogens (tertiary/aromatic N) is 1. The molecule has 0 aromatic heterocycles. The molecule has 0 spiro atoms. The molecule has 1 aromatic rings. The first-order chi connectivity index (χ1) is 9.28. The molecule has 0 fully saturated rings. The average molecular weight is 271 g/mol. The summed E-state index contributed by atoms with van der Waals surface area (Å²) < 4.78 is 0. The van der Waals surface area contributed by atoms with Crippen LogP contribution >= 0.6 is 0 Å². The maximum Gasteiger partial charge on any atom is 0.154 e. The number of hydrogen-bond acceptors (Lipinski definition) is 2. The van der Waals surface area contributed by atoms with Crippen LogP contribution in [0.1, 0.15) is 39.7 Å². The number of rotatable bonds is 6. The second-order valence-corrected chi connectivity index (χ2v) is 6.34. The summed E-state index contributed by atoms with van der Waals surface area (Å²) in [5, 5.41) is 0. The summed E-state index contributed by atoms with van der Waals surface area (Å²) in [5.41, 5.74) is 2.41. The molecule has 1 rings (SSSR count). The van der Waals surface area contributed by atoms with Gasteiger partial charge in [-0.05, 0) is 30.4 Å². The highest BCUT2D eigenvalue weighted by Crippen LogP contribution is 2.26. The van der Waals surface area contributed by atoms with Gasteiger partial charge in [0.2, 0.25) is 0 Å². The van der Waals surface area contributed by atoms with Crippen molar-refractivity contribution in [3.63, 3.8) is 0 Å². The molecule has 20 heavy (non-hydrogen) atoms. The number of carbonyl (C=O) groups is 1. The number of benzene rings is 1. The smallest absolute Gasteiger partial charge is 0.154 e. The Bertz CT molecular complexity index is 480. The molecular formula is C18H25NO. The fraction of sp³-hybridized carbons (Fsp3) is 0.389. The number of allylic oxidation sites excluding steroid dienone is 2. The van der Waals surface area contributed by atoms with Crippen LogP contribution in [0.5, 0.6) is 0 Å². The molecule has 0 atom stereocenters. The second kappa shape index (κ2) is 7.09. The molecule has 0 amide bonds. The fourth-order valence-electron chi connectivity index (χ4n) is 1.96. The zero-order chi connectivity index (χ0) is 15.2. The average Bonchev–Trinajstić information content (AvgIpc) is 2.33. The molecule has 0 saturated heterocycles. The van der Waals surface area contributed by atoms with Gasteiger partial charge in [0, 0.05) is 18.4 Å². The van der Waals surface area contributed by atoms with Gasteiger partial charge in [0.25, 0.3) is 0 Å². The molecule has 0 aliphatic carbocycles. The van der Waals surface area contributed by atoms with Crippen molar-refractivity contribution in [2.45, 2.75) is 40.7 Å². The lowest BCUT2D eigenvalue weighted by molar-refractivity contribution is -0.112. The van der Waals surface area contributed by atoms with E-state index in [-0.39, 0.29) is 11.2 Å². The third kappa shape index (κ3) is 6.37. The van der Waals surface area contributed by atoms with Gasteiger partial charge in [0.15, 0.2) is 5.78 Å². The van der Waals surface area contributed by atoms with Gasteiger partial charge in [-0.2, -0.15) is 0 Å². The summed E-state index contributed by atoms with van der Waals surface area (Å²) in [5.74, 6) is 0.0478. The molecule has 0 bridgehead atoms. The van der Waals surface area contributed by atoms with Gasteiger partial charge in [0.1, 0.15) is 0 Å². The highest BCUT2D eigenvalue weighted by molar-refractivity contribution is 5.87. The van der Waals surface area contributed by atoms with Gasteiger partial charge in [-0.1, -0.05) is 57.7 Å². The highest BCUT2D eigenvalue weighted by Gasteiger charge is 2.15. The molecular weight excluding hydrogens is 246 g/mol. The quantitative estimate of drug-likeness (QED) is 0.708. The molecule has 0 N–H and O–H groups in total. The fourth-order valence-corrected chi connectivity index (χ4v) is 1.96. The Kier molecular flexibility index (Phi) is 5.75. The normalized spacial score (nSPS) is 11.6. The van der Waals surface area contributed by atoms with Crippen molar-refractivity contribution in [3.8, 4) is 0 Å². The van der Waals surface area contributed by atoms with Crippen molar-refractivity contribution >= 4 is 5.78 Å². The molecule has 0 radical (unpaired) electrons. The van der Waals surface area contributed by atoms with Crippen LogP contribution in [0.2, 0.25) is 0 Å². The summed E-state index contributed by atoms with van der Waals surface area (Å²) in [4.78, 5) is 13.2. The minimum absolute atomic E-state index is 0.0478. The van der Waals surface area contributed by atoms with Crippen LogP contribution in [-0.4, -0.2) is 10.7 Å². The van der Waals surface area contributed by atoms with Crippen LogP contribution < -0.4 is 0 Å². The van der Waals surface area contributed by atoms with E-state index in [4.69, 9.17) is 0 Å². The molecule has 0 unspecified atom stereocenters. The molecule has 0 saturated carbocycles. The monoisotopic (exact) mass is 271 g/mol. The summed E-state index contributed by atoms with van der Waals surface area (Å²) in [6.45, 7) is 13.0. The van der Waals surface area contributed by atoms with Crippen LogP contribution in [0, 0.1) is 5.41 Å². The zero-order valence-corrected chi connectivity index (χ0v) is 13.0. The number of hydrogen-bond donors (Lipinski definition) is 0. The Labute approximate surface area is 122 Å². The van der Waals surface area contributed by atoms with Crippen LogP contribution in [-0.2, 0) is 11.3 Å². The minimum Gasteiger partial charge on any atom is -0.348 e. The Morgan fingerprint density at radius 1 is 1.25 bits per heavy atom. The molecule has 1 aromatic carbocycles. The van der Waals surface area contributed by atoms with Crippen molar-refractivity contribution in [2.75, 3.05) is 0 Å². The summed E-state index contributed by atoms with van der Waals surface area (Å²) in [7, 11) is 0. The highest BCUT2D eigenvalue weighted by atomic mass is 16.1. The van der Waals surface area contributed by atoms with Crippen molar-refractivity contribution in [1.82, 2.24) is 4.90 Å². The lowest BCUT2D eigenvalue weighted by atomic mass is 9.90. The van der Waals surface area contributed by atoms with Crippen LogP contribution in [0.25, 0.3) is 0 Å². The zero-order valence-electron chi connectivity index (χ0n) is 13.0. The Morgan fingerprint density at radius 2 is 1.85 bits per heavy atom. The summed E-state index contributed by atoms with van der Waals surface area (Å²) >= 11 is 0. The molecule has 0 heterocycles. The first kappa shape index (κ1) is 16.2. The van der Waals surface area contributed by atoms with Gasteiger partial charge in [0.05, 0.1) is 0 Å². The first-order valence-corrected chi connectivity index (χ1v) is 6.95. The maximum absolute atomic E-state index is 11.2. The lowest BCUT2D eigenvalue weighted by Gasteiger charge is -2.28. The topological polar surface area (TPSA) is 20.3 Å². The molecule has 108 valence electrons. The maximum atomic E-state index is 11.2. The molecule has 2 heteroatoms. The summed E-state index contributed by atoms with van der Waals surface area (Å²) in [6, 6.07) is 10.2.